The van der Waals surface area contributed by atoms with Crippen molar-refractivity contribution in [3.8, 4) is 11.3 Å². The first-order chi connectivity index (χ1) is 11.1. The molecule has 0 radical (unpaired) electrons. The first kappa shape index (κ1) is 15.4. The van der Waals surface area contributed by atoms with Crippen molar-refractivity contribution in [2.45, 2.75) is 13.5 Å². The number of amides is 1. The van der Waals surface area contributed by atoms with Gasteiger partial charge in [-0.25, -0.2) is 0 Å². The fourth-order valence-electron chi connectivity index (χ4n) is 2.37. The normalized spacial score (nSPS) is 10.5. The summed E-state index contributed by atoms with van der Waals surface area (Å²) in [5, 5.41) is 4.07. The summed E-state index contributed by atoms with van der Waals surface area (Å²) in [6.07, 6.45) is 1.73. The van der Waals surface area contributed by atoms with Gasteiger partial charge in [0.25, 0.3) is 5.91 Å². The Labute approximate surface area is 139 Å². The smallest absolute Gasteiger partial charge is 0.255 e. The number of aromatic nitrogens is 2. The number of thiophene rings is 1. The molecule has 0 aliphatic carbocycles. The molecule has 1 amide bonds. The summed E-state index contributed by atoms with van der Waals surface area (Å²) in [6, 6.07) is 11.5. The van der Waals surface area contributed by atoms with E-state index >= 15 is 0 Å². The van der Waals surface area contributed by atoms with Gasteiger partial charge in [-0.2, -0.15) is 11.3 Å². The SMILES string of the molecule is Cc1nc(-c2ccsc2)ccc1C(=O)N(C)Cc1ccccn1. The highest BCUT2D eigenvalue weighted by molar-refractivity contribution is 7.08. The lowest BCUT2D eigenvalue weighted by Crippen LogP contribution is -2.27. The minimum absolute atomic E-state index is 0.0440. The van der Waals surface area contributed by atoms with Crippen molar-refractivity contribution in [3.05, 3.63) is 70.3 Å². The van der Waals surface area contributed by atoms with Gasteiger partial charge in [0.1, 0.15) is 0 Å². The quantitative estimate of drug-likeness (QED) is 0.734. The number of carbonyl (C=O) groups excluding carboxylic acids is 1. The van der Waals surface area contributed by atoms with Crippen LogP contribution in [0.4, 0.5) is 0 Å². The molecular weight excluding hydrogens is 306 g/mol. The number of rotatable bonds is 4. The molecule has 5 heteroatoms. The molecular formula is C18H17N3OS. The monoisotopic (exact) mass is 323 g/mol. The summed E-state index contributed by atoms with van der Waals surface area (Å²) >= 11 is 1.63. The molecule has 0 atom stereocenters. The topological polar surface area (TPSA) is 46.1 Å². The molecule has 3 rings (SSSR count). The molecule has 23 heavy (non-hydrogen) atoms. The number of pyridine rings is 2. The second-order valence-corrected chi connectivity index (χ2v) is 6.10. The zero-order valence-corrected chi connectivity index (χ0v) is 13.9. The van der Waals surface area contributed by atoms with E-state index in [1.54, 1.807) is 29.5 Å². The Morgan fingerprint density at radius 2 is 2.09 bits per heavy atom. The molecule has 4 nitrogen and oxygen atoms in total. The van der Waals surface area contributed by atoms with Gasteiger partial charge in [-0.15, -0.1) is 0 Å². The van der Waals surface area contributed by atoms with Crippen molar-refractivity contribution in [1.29, 1.82) is 0 Å². The lowest BCUT2D eigenvalue weighted by molar-refractivity contribution is 0.0782. The molecule has 3 aromatic heterocycles. The molecule has 0 fully saturated rings. The summed E-state index contributed by atoms with van der Waals surface area (Å²) in [5.41, 5.74) is 4.21. The lowest BCUT2D eigenvalue weighted by Gasteiger charge is -2.18. The number of nitrogens with zero attached hydrogens (tertiary/aromatic N) is 3. The van der Waals surface area contributed by atoms with E-state index in [9.17, 15) is 4.79 Å². The zero-order chi connectivity index (χ0) is 16.2. The highest BCUT2D eigenvalue weighted by Crippen LogP contribution is 2.22. The van der Waals surface area contributed by atoms with E-state index in [1.807, 2.05) is 48.7 Å². The predicted octanol–water partition coefficient (Wildman–Crippen LogP) is 3.79. The predicted molar refractivity (Wildman–Crippen MR) is 92.3 cm³/mol. The van der Waals surface area contributed by atoms with Gasteiger partial charge in [-0.05, 0) is 42.6 Å². The van der Waals surface area contributed by atoms with Crippen molar-refractivity contribution in [1.82, 2.24) is 14.9 Å². The second kappa shape index (κ2) is 6.71. The largest absolute Gasteiger partial charge is 0.336 e. The summed E-state index contributed by atoms with van der Waals surface area (Å²) < 4.78 is 0. The van der Waals surface area contributed by atoms with Crippen molar-refractivity contribution in [2.24, 2.45) is 0 Å². The van der Waals surface area contributed by atoms with E-state index in [0.29, 0.717) is 12.1 Å². The summed E-state index contributed by atoms with van der Waals surface area (Å²) in [5.74, 6) is -0.0440. The van der Waals surface area contributed by atoms with E-state index in [-0.39, 0.29) is 5.91 Å². The number of hydrogen-bond donors (Lipinski definition) is 0. The van der Waals surface area contributed by atoms with Crippen LogP contribution >= 0.6 is 11.3 Å². The van der Waals surface area contributed by atoms with Crippen LogP contribution in [0.25, 0.3) is 11.3 Å². The maximum atomic E-state index is 12.6. The van der Waals surface area contributed by atoms with Gasteiger partial charge in [0.15, 0.2) is 0 Å². The highest BCUT2D eigenvalue weighted by Gasteiger charge is 2.16. The Morgan fingerprint density at radius 3 is 2.74 bits per heavy atom. The minimum atomic E-state index is -0.0440. The summed E-state index contributed by atoms with van der Waals surface area (Å²) in [4.78, 5) is 23.1. The first-order valence-electron chi connectivity index (χ1n) is 7.31. The molecule has 3 heterocycles. The molecule has 0 N–H and O–H groups in total. The van der Waals surface area contributed by atoms with Crippen LogP contribution in [0.2, 0.25) is 0 Å². The Hall–Kier alpha value is -2.53. The fraction of sp³-hybridized carbons (Fsp3) is 0.167. The fourth-order valence-corrected chi connectivity index (χ4v) is 3.02. The molecule has 0 saturated carbocycles. The molecule has 0 aliphatic heterocycles. The Balaban J connectivity index is 1.79. The van der Waals surface area contributed by atoms with E-state index in [1.165, 1.54) is 0 Å². The molecule has 3 aromatic rings. The average molecular weight is 323 g/mol. The minimum Gasteiger partial charge on any atom is -0.336 e. The summed E-state index contributed by atoms with van der Waals surface area (Å²) in [7, 11) is 1.78. The molecule has 0 aromatic carbocycles. The van der Waals surface area contributed by atoms with Crippen LogP contribution < -0.4 is 0 Å². The highest BCUT2D eigenvalue weighted by atomic mass is 32.1. The van der Waals surface area contributed by atoms with Crippen molar-refractivity contribution in [2.75, 3.05) is 7.05 Å². The van der Waals surface area contributed by atoms with Crippen LogP contribution in [0.3, 0.4) is 0 Å². The van der Waals surface area contributed by atoms with Crippen LogP contribution in [-0.2, 0) is 6.54 Å². The Morgan fingerprint density at radius 1 is 1.22 bits per heavy atom. The molecule has 0 bridgehead atoms. The van der Waals surface area contributed by atoms with Gasteiger partial charge in [0, 0.05) is 24.2 Å². The van der Waals surface area contributed by atoms with Crippen LogP contribution in [0, 0.1) is 6.92 Å². The Bertz CT molecular complexity index is 800. The molecule has 0 spiro atoms. The van der Waals surface area contributed by atoms with Gasteiger partial charge in [-0.1, -0.05) is 6.07 Å². The number of aryl methyl sites for hydroxylation is 1. The second-order valence-electron chi connectivity index (χ2n) is 5.32. The van der Waals surface area contributed by atoms with Gasteiger partial charge in [-0.3, -0.25) is 14.8 Å². The van der Waals surface area contributed by atoms with Crippen LogP contribution in [-0.4, -0.2) is 27.8 Å². The number of carbonyl (C=O) groups is 1. The molecule has 116 valence electrons. The average Bonchev–Trinajstić information content (AvgIpc) is 3.09. The van der Waals surface area contributed by atoms with Crippen LogP contribution in [0.15, 0.2) is 53.4 Å². The third-order valence-electron chi connectivity index (χ3n) is 3.61. The first-order valence-corrected chi connectivity index (χ1v) is 8.25. The van der Waals surface area contributed by atoms with Crippen molar-refractivity contribution >= 4 is 17.2 Å². The zero-order valence-electron chi connectivity index (χ0n) is 13.1. The van der Waals surface area contributed by atoms with Crippen LogP contribution in [0.1, 0.15) is 21.7 Å². The number of hydrogen-bond acceptors (Lipinski definition) is 4. The summed E-state index contributed by atoms with van der Waals surface area (Å²) in [6.45, 7) is 2.35. The van der Waals surface area contributed by atoms with Crippen molar-refractivity contribution < 1.29 is 4.79 Å². The van der Waals surface area contributed by atoms with Gasteiger partial charge < -0.3 is 4.90 Å². The van der Waals surface area contributed by atoms with E-state index in [2.05, 4.69) is 15.3 Å². The lowest BCUT2D eigenvalue weighted by atomic mass is 10.1. The van der Waals surface area contributed by atoms with Gasteiger partial charge in [0.05, 0.1) is 29.2 Å². The van der Waals surface area contributed by atoms with Gasteiger partial charge >= 0.3 is 0 Å². The van der Waals surface area contributed by atoms with E-state index in [0.717, 1.165) is 22.6 Å². The maximum Gasteiger partial charge on any atom is 0.255 e. The molecule has 0 aliphatic rings. The molecule has 0 saturated heterocycles. The van der Waals surface area contributed by atoms with E-state index < -0.39 is 0 Å². The van der Waals surface area contributed by atoms with Crippen molar-refractivity contribution in [3.63, 3.8) is 0 Å². The van der Waals surface area contributed by atoms with Crippen LogP contribution in [0.5, 0.6) is 0 Å². The Kier molecular flexibility index (Phi) is 4.48. The third kappa shape index (κ3) is 3.46. The maximum absolute atomic E-state index is 12.6. The third-order valence-corrected chi connectivity index (χ3v) is 4.29. The van der Waals surface area contributed by atoms with E-state index in [4.69, 9.17) is 0 Å². The standard InChI is InChI=1S/C18H17N3OS/c1-13-16(6-7-17(20-13)14-8-10-23-12-14)18(22)21(2)11-15-5-3-4-9-19-15/h3-10,12H,11H2,1-2H3. The molecule has 0 unspecified atom stereocenters. The van der Waals surface area contributed by atoms with Gasteiger partial charge in [0.2, 0.25) is 0 Å².